The van der Waals surface area contributed by atoms with E-state index in [-0.39, 0.29) is 6.04 Å². The summed E-state index contributed by atoms with van der Waals surface area (Å²) in [5.74, 6) is 0. The molecule has 0 aliphatic carbocycles. The number of hydrogen-bond acceptors (Lipinski definition) is 2. The molecule has 0 bridgehead atoms. The summed E-state index contributed by atoms with van der Waals surface area (Å²) in [5, 5.41) is 0.764. The van der Waals surface area contributed by atoms with E-state index in [1.54, 1.807) is 0 Å². The van der Waals surface area contributed by atoms with E-state index in [2.05, 4.69) is 56.1 Å². The molecule has 2 N–H and O–H groups in total. The van der Waals surface area contributed by atoms with Gasteiger partial charge in [0.05, 0.1) is 6.04 Å². The second-order valence-electron chi connectivity index (χ2n) is 5.15. The fourth-order valence-corrected chi connectivity index (χ4v) is 2.86. The molecule has 0 fully saturated rings. The van der Waals surface area contributed by atoms with Crippen molar-refractivity contribution in [2.75, 3.05) is 18.5 Å². The second kappa shape index (κ2) is 6.29. The van der Waals surface area contributed by atoms with E-state index in [1.165, 1.54) is 22.4 Å². The maximum atomic E-state index is 6.04. The van der Waals surface area contributed by atoms with Crippen molar-refractivity contribution in [1.82, 2.24) is 0 Å². The highest BCUT2D eigenvalue weighted by molar-refractivity contribution is 6.30. The Morgan fingerprint density at radius 3 is 2.40 bits per heavy atom. The van der Waals surface area contributed by atoms with Crippen LogP contribution < -0.4 is 10.6 Å². The first-order valence-corrected chi connectivity index (χ1v) is 7.17. The Hall–Kier alpha value is -1.51. The Kier molecular flexibility index (Phi) is 4.69. The zero-order chi connectivity index (χ0) is 14.7. The number of aryl methyl sites for hydroxylation is 2. The third kappa shape index (κ3) is 2.97. The number of anilines is 1. The lowest BCUT2D eigenvalue weighted by molar-refractivity contribution is 0.675. The summed E-state index contributed by atoms with van der Waals surface area (Å²) in [4.78, 5) is 2.24. The van der Waals surface area contributed by atoms with Crippen molar-refractivity contribution < 1.29 is 0 Å². The number of nitrogens with zero attached hydrogens (tertiary/aromatic N) is 1. The van der Waals surface area contributed by atoms with Crippen LogP contribution in [-0.4, -0.2) is 13.6 Å². The maximum Gasteiger partial charge on any atom is 0.0664 e. The highest BCUT2D eigenvalue weighted by atomic mass is 35.5. The Morgan fingerprint density at radius 2 is 1.80 bits per heavy atom. The maximum absolute atomic E-state index is 6.04. The van der Waals surface area contributed by atoms with Crippen LogP contribution in [0.3, 0.4) is 0 Å². The number of nitrogens with two attached hydrogens (primary N) is 1. The van der Waals surface area contributed by atoms with E-state index in [9.17, 15) is 0 Å². The number of para-hydroxylation sites is 1. The number of halogens is 1. The number of hydrogen-bond donors (Lipinski definition) is 1. The molecule has 0 aliphatic heterocycles. The van der Waals surface area contributed by atoms with Crippen LogP contribution in [0.2, 0.25) is 5.02 Å². The van der Waals surface area contributed by atoms with Crippen LogP contribution in [0.1, 0.15) is 22.7 Å². The van der Waals surface area contributed by atoms with Gasteiger partial charge in [0.1, 0.15) is 0 Å². The fraction of sp³-hybridized carbons (Fsp3) is 0.294. The predicted molar refractivity (Wildman–Crippen MR) is 87.6 cm³/mol. The molecule has 1 atom stereocenters. The second-order valence-corrected chi connectivity index (χ2v) is 5.59. The molecule has 0 saturated heterocycles. The van der Waals surface area contributed by atoms with Gasteiger partial charge in [0.15, 0.2) is 0 Å². The average Bonchev–Trinajstić information content (AvgIpc) is 2.42. The van der Waals surface area contributed by atoms with Gasteiger partial charge in [0.25, 0.3) is 0 Å². The Bertz CT molecular complexity index is 595. The van der Waals surface area contributed by atoms with Crippen LogP contribution in [0.4, 0.5) is 5.69 Å². The van der Waals surface area contributed by atoms with Crippen LogP contribution >= 0.6 is 11.6 Å². The summed E-state index contributed by atoms with van der Waals surface area (Å²) in [6.45, 7) is 4.76. The SMILES string of the molecule is Cc1cc(Cl)ccc1C(CN)N(C)c1ccccc1C. The minimum absolute atomic E-state index is 0.147. The third-order valence-corrected chi connectivity index (χ3v) is 4.01. The number of benzene rings is 2. The molecular weight excluding hydrogens is 268 g/mol. The van der Waals surface area contributed by atoms with Crippen LogP contribution in [0.5, 0.6) is 0 Å². The normalized spacial score (nSPS) is 12.2. The Morgan fingerprint density at radius 1 is 1.10 bits per heavy atom. The Labute approximate surface area is 126 Å². The van der Waals surface area contributed by atoms with Gasteiger partial charge in [0, 0.05) is 24.3 Å². The van der Waals surface area contributed by atoms with Crippen LogP contribution in [0.25, 0.3) is 0 Å². The molecule has 0 heterocycles. The minimum atomic E-state index is 0.147. The Balaban J connectivity index is 2.39. The third-order valence-electron chi connectivity index (χ3n) is 3.78. The van der Waals surface area contributed by atoms with Gasteiger partial charge in [-0.25, -0.2) is 0 Å². The summed E-state index contributed by atoms with van der Waals surface area (Å²) in [5.41, 5.74) is 10.9. The fourth-order valence-electron chi connectivity index (χ4n) is 2.63. The smallest absolute Gasteiger partial charge is 0.0664 e. The molecule has 0 spiro atoms. The first-order chi connectivity index (χ1) is 9.54. The van der Waals surface area contributed by atoms with Gasteiger partial charge >= 0.3 is 0 Å². The molecule has 2 aromatic carbocycles. The highest BCUT2D eigenvalue weighted by Crippen LogP contribution is 2.30. The van der Waals surface area contributed by atoms with Crippen molar-refractivity contribution in [2.24, 2.45) is 5.73 Å². The molecule has 20 heavy (non-hydrogen) atoms. The van der Waals surface area contributed by atoms with Crippen LogP contribution in [0, 0.1) is 13.8 Å². The first-order valence-electron chi connectivity index (χ1n) is 6.79. The average molecular weight is 289 g/mol. The van der Waals surface area contributed by atoms with Gasteiger partial charge in [-0.05, 0) is 48.7 Å². The number of rotatable bonds is 4. The lowest BCUT2D eigenvalue weighted by atomic mass is 9.99. The van der Waals surface area contributed by atoms with Crippen molar-refractivity contribution >= 4 is 17.3 Å². The van der Waals surface area contributed by atoms with E-state index in [0.29, 0.717) is 6.54 Å². The molecule has 106 valence electrons. The highest BCUT2D eigenvalue weighted by Gasteiger charge is 2.19. The monoisotopic (exact) mass is 288 g/mol. The van der Waals surface area contributed by atoms with Crippen molar-refractivity contribution in [3.8, 4) is 0 Å². The molecule has 0 aliphatic rings. The predicted octanol–water partition coefficient (Wildman–Crippen LogP) is 4.09. The van der Waals surface area contributed by atoms with Crippen molar-refractivity contribution in [3.63, 3.8) is 0 Å². The summed E-state index contributed by atoms with van der Waals surface area (Å²) in [7, 11) is 2.09. The van der Waals surface area contributed by atoms with E-state index in [4.69, 9.17) is 17.3 Å². The van der Waals surface area contributed by atoms with E-state index >= 15 is 0 Å². The topological polar surface area (TPSA) is 29.3 Å². The van der Waals surface area contributed by atoms with Gasteiger partial charge in [-0.3, -0.25) is 0 Å². The van der Waals surface area contributed by atoms with Gasteiger partial charge in [-0.15, -0.1) is 0 Å². The van der Waals surface area contributed by atoms with Gasteiger partial charge in [0.2, 0.25) is 0 Å². The molecule has 2 nitrogen and oxygen atoms in total. The van der Waals surface area contributed by atoms with Gasteiger partial charge in [-0.1, -0.05) is 35.9 Å². The van der Waals surface area contributed by atoms with Crippen LogP contribution in [-0.2, 0) is 0 Å². The molecule has 2 rings (SSSR count). The molecule has 1 unspecified atom stereocenters. The first kappa shape index (κ1) is 14.9. The zero-order valence-electron chi connectivity index (χ0n) is 12.2. The van der Waals surface area contributed by atoms with Crippen molar-refractivity contribution in [2.45, 2.75) is 19.9 Å². The molecular formula is C17H21ClN2. The summed E-state index contributed by atoms with van der Waals surface area (Å²) in [6.07, 6.45) is 0. The number of likely N-dealkylation sites (N-methyl/N-ethyl adjacent to an activating group) is 1. The van der Waals surface area contributed by atoms with E-state index in [1.807, 2.05) is 12.1 Å². The molecule has 0 aromatic heterocycles. The van der Waals surface area contributed by atoms with E-state index in [0.717, 1.165) is 5.02 Å². The summed E-state index contributed by atoms with van der Waals surface area (Å²) >= 11 is 6.04. The largest absolute Gasteiger partial charge is 0.366 e. The van der Waals surface area contributed by atoms with Gasteiger partial charge < -0.3 is 10.6 Å². The molecule has 3 heteroatoms. The molecule has 0 saturated carbocycles. The quantitative estimate of drug-likeness (QED) is 0.918. The standard InChI is InChI=1S/C17H21ClN2/c1-12-6-4-5-7-16(12)20(3)17(11-19)15-9-8-14(18)10-13(15)2/h4-10,17H,11,19H2,1-3H3. The van der Waals surface area contributed by atoms with Crippen molar-refractivity contribution in [1.29, 1.82) is 0 Å². The van der Waals surface area contributed by atoms with Crippen LogP contribution in [0.15, 0.2) is 42.5 Å². The summed E-state index contributed by atoms with van der Waals surface area (Å²) < 4.78 is 0. The molecule has 0 amide bonds. The minimum Gasteiger partial charge on any atom is -0.366 e. The molecule has 2 aromatic rings. The van der Waals surface area contributed by atoms with Crippen molar-refractivity contribution in [3.05, 3.63) is 64.2 Å². The zero-order valence-corrected chi connectivity index (χ0v) is 13.0. The summed E-state index contributed by atoms with van der Waals surface area (Å²) in [6, 6.07) is 14.5. The lowest BCUT2D eigenvalue weighted by Gasteiger charge is -2.31. The lowest BCUT2D eigenvalue weighted by Crippen LogP contribution is -2.31. The molecule has 0 radical (unpaired) electrons. The van der Waals surface area contributed by atoms with Gasteiger partial charge in [-0.2, -0.15) is 0 Å². The van der Waals surface area contributed by atoms with E-state index < -0.39 is 0 Å².